The van der Waals surface area contributed by atoms with Crippen molar-refractivity contribution in [1.29, 1.82) is 0 Å². The summed E-state index contributed by atoms with van der Waals surface area (Å²) in [5.41, 5.74) is 1.17. The molecule has 2 aromatic rings. The normalized spacial score (nSPS) is 12.7. The van der Waals surface area contributed by atoms with Gasteiger partial charge in [-0.3, -0.25) is 5.32 Å². The number of hydrogen-bond donors (Lipinski definition) is 2. The first-order valence-electron chi connectivity index (χ1n) is 7.55. The minimum atomic E-state index is -4.15. The van der Waals surface area contributed by atoms with E-state index in [1.807, 2.05) is 4.72 Å². The van der Waals surface area contributed by atoms with Crippen molar-refractivity contribution in [3.8, 4) is 11.6 Å². The lowest BCUT2D eigenvalue weighted by Crippen LogP contribution is -2.35. The highest BCUT2D eigenvalue weighted by Gasteiger charge is 2.25. The maximum atomic E-state index is 12.6. The molecule has 0 unspecified atom stereocenters. The number of benzene rings is 1. The van der Waals surface area contributed by atoms with E-state index < -0.39 is 16.1 Å². The molecular formula is C16H16N4O5S. The second-order valence-electron chi connectivity index (χ2n) is 5.32. The van der Waals surface area contributed by atoms with Gasteiger partial charge in [0, 0.05) is 17.3 Å². The molecule has 2 N–H and O–H groups in total. The van der Waals surface area contributed by atoms with E-state index in [1.165, 1.54) is 13.2 Å². The van der Waals surface area contributed by atoms with Crippen LogP contribution in [-0.2, 0) is 10.0 Å². The number of para-hydroxylation sites is 1. The fourth-order valence-electron chi connectivity index (χ4n) is 2.34. The van der Waals surface area contributed by atoms with Gasteiger partial charge in [-0.15, -0.1) is 0 Å². The summed E-state index contributed by atoms with van der Waals surface area (Å²) in [6.45, 7) is 1.94. The second-order valence-corrected chi connectivity index (χ2v) is 6.97. The number of anilines is 1. The van der Waals surface area contributed by atoms with E-state index in [4.69, 9.17) is 9.47 Å². The van der Waals surface area contributed by atoms with Gasteiger partial charge < -0.3 is 9.47 Å². The Morgan fingerprint density at radius 3 is 2.88 bits per heavy atom. The Bertz CT molecular complexity index is 988. The molecule has 1 aliphatic rings. The molecule has 1 aromatic carbocycles. The number of ether oxygens (including phenoxy) is 2. The van der Waals surface area contributed by atoms with Crippen molar-refractivity contribution in [3.63, 3.8) is 0 Å². The summed E-state index contributed by atoms with van der Waals surface area (Å²) in [5.74, 6) is 0.362. The average molecular weight is 376 g/mol. The minimum Gasteiger partial charge on any atom is -0.487 e. The number of rotatable bonds is 4. The highest BCUT2D eigenvalue weighted by molar-refractivity contribution is 7.90. The number of aromatic nitrogens is 2. The van der Waals surface area contributed by atoms with Crippen LogP contribution in [0.15, 0.2) is 35.2 Å². The number of carbonyl (C=O) groups is 1. The van der Waals surface area contributed by atoms with E-state index in [2.05, 4.69) is 15.3 Å². The number of carbonyl (C=O) groups excluding carboxylic acids is 1. The van der Waals surface area contributed by atoms with Crippen LogP contribution in [0.2, 0.25) is 0 Å². The van der Waals surface area contributed by atoms with E-state index in [0.29, 0.717) is 11.3 Å². The molecule has 0 saturated heterocycles. The molecule has 26 heavy (non-hydrogen) atoms. The third-order valence-corrected chi connectivity index (χ3v) is 4.77. The molecule has 0 saturated carbocycles. The van der Waals surface area contributed by atoms with Gasteiger partial charge in [0.15, 0.2) is 0 Å². The Balaban J connectivity index is 1.81. The van der Waals surface area contributed by atoms with Crippen LogP contribution in [0.25, 0.3) is 6.08 Å². The number of nitrogens with one attached hydrogen (secondary N) is 2. The van der Waals surface area contributed by atoms with E-state index in [0.717, 1.165) is 0 Å². The predicted molar refractivity (Wildman–Crippen MR) is 93.6 cm³/mol. The van der Waals surface area contributed by atoms with E-state index in [1.54, 1.807) is 37.3 Å². The van der Waals surface area contributed by atoms with Crippen molar-refractivity contribution in [2.24, 2.45) is 0 Å². The van der Waals surface area contributed by atoms with Gasteiger partial charge in [-0.2, -0.15) is 4.98 Å². The average Bonchev–Trinajstić information content (AvgIpc) is 2.60. The zero-order valence-corrected chi connectivity index (χ0v) is 14.8. The smallest absolute Gasteiger partial charge is 0.335 e. The van der Waals surface area contributed by atoms with Crippen molar-refractivity contribution < 1.29 is 22.7 Å². The molecule has 1 aromatic heterocycles. The monoisotopic (exact) mass is 376 g/mol. The van der Waals surface area contributed by atoms with E-state index >= 15 is 0 Å². The summed E-state index contributed by atoms with van der Waals surface area (Å²) in [6, 6.07) is 5.22. The number of hydrogen-bond acceptors (Lipinski definition) is 7. The first-order chi connectivity index (χ1) is 12.4. The van der Waals surface area contributed by atoms with Crippen LogP contribution >= 0.6 is 0 Å². The molecule has 0 bridgehead atoms. The van der Waals surface area contributed by atoms with Crippen molar-refractivity contribution in [3.05, 3.63) is 41.6 Å². The van der Waals surface area contributed by atoms with Gasteiger partial charge in [0.1, 0.15) is 17.3 Å². The van der Waals surface area contributed by atoms with E-state index in [9.17, 15) is 13.2 Å². The van der Waals surface area contributed by atoms with Crippen LogP contribution in [0.5, 0.6) is 11.6 Å². The number of methoxy groups -OCH3 is 1. The zero-order valence-electron chi connectivity index (χ0n) is 14.0. The molecule has 0 radical (unpaired) electrons. The number of amides is 2. The van der Waals surface area contributed by atoms with Crippen LogP contribution < -0.4 is 19.5 Å². The van der Waals surface area contributed by atoms with Gasteiger partial charge in [0.25, 0.3) is 10.0 Å². The summed E-state index contributed by atoms with van der Waals surface area (Å²) in [4.78, 5) is 19.9. The van der Waals surface area contributed by atoms with Crippen molar-refractivity contribution in [2.45, 2.75) is 11.8 Å². The van der Waals surface area contributed by atoms with Gasteiger partial charge in [-0.05, 0) is 19.1 Å². The number of nitrogens with zero attached hydrogens (tertiary/aromatic N) is 2. The molecule has 0 spiro atoms. The summed E-state index contributed by atoms with van der Waals surface area (Å²) >= 11 is 0. The summed E-state index contributed by atoms with van der Waals surface area (Å²) in [5, 5.41) is 2.28. The Hall–Kier alpha value is -3.14. The van der Waals surface area contributed by atoms with Crippen molar-refractivity contribution >= 4 is 28.1 Å². The largest absolute Gasteiger partial charge is 0.487 e. The molecule has 0 fully saturated rings. The quantitative estimate of drug-likeness (QED) is 0.833. The minimum absolute atomic E-state index is 0.0798. The third-order valence-electron chi connectivity index (χ3n) is 3.41. The molecule has 3 rings (SSSR count). The number of aryl methyl sites for hydroxylation is 1. The van der Waals surface area contributed by atoms with Crippen molar-refractivity contribution in [1.82, 2.24) is 14.7 Å². The van der Waals surface area contributed by atoms with Gasteiger partial charge in [-0.1, -0.05) is 18.2 Å². The Kier molecular flexibility index (Phi) is 4.76. The van der Waals surface area contributed by atoms with Gasteiger partial charge in [-0.25, -0.2) is 22.9 Å². The third kappa shape index (κ3) is 3.75. The lowest BCUT2D eigenvalue weighted by Gasteiger charge is -2.16. The Labute approximate surface area is 150 Å². The van der Waals surface area contributed by atoms with Crippen LogP contribution in [0, 0.1) is 6.92 Å². The van der Waals surface area contributed by atoms with Crippen LogP contribution in [0.1, 0.15) is 11.3 Å². The lowest BCUT2D eigenvalue weighted by molar-refractivity contribution is 0.256. The summed E-state index contributed by atoms with van der Waals surface area (Å²) in [7, 11) is -2.73. The highest BCUT2D eigenvalue weighted by Crippen LogP contribution is 2.31. The molecular weight excluding hydrogens is 360 g/mol. The maximum Gasteiger partial charge on any atom is 0.335 e. The van der Waals surface area contributed by atoms with Crippen molar-refractivity contribution in [2.75, 3.05) is 19.0 Å². The highest BCUT2D eigenvalue weighted by atomic mass is 32.2. The molecule has 2 amide bonds. The van der Waals surface area contributed by atoms with Crippen LogP contribution in [-0.4, -0.2) is 38.1 Å². The maximum absolute atomic E-state index is 12.6. The molecule has 9 nitrogen and oxygen atoms in total. The number of urea groups is 1. The van der Waals surface area contributed by atoms with Crippen LogP contribution in [0.3, 0.4) is 0 Å². The number of fused-ring (bicyclic) bond motifs is 1. The zero-order chi connectivity index (χ0) is 18.7. The molecule has 1 aliphatic heterocycles. The standard InChI is InChI=1S/C16H16N4O5S/c1-10-9-13(24-2)18-15(17-10)19-16(21)20-26(22,23)12-7-3-5-11-6-4-8-25-14(11)12/h3-7,9H,8H2,1-2H3,(H2,17,18,19,20,21). The molecule has 136 valence electrons. The first-order valence-corrected chi connectivity index (χ1v) is 9.03. The predicted octanol–water partition coefficient (Wildman–Crippen LogP) is 1.71. The fraction of sp³-hybridized carbons (Fsp3) is 0.188. The van der Waals surface area contributed by atoms with Gasteiger partial charge in [0.05, 0.1) is 7.11 Å². The number of sulfonamides is 1. The molecule has 0 atom stereocenters. The summed E-state index contributed by atoms with van der Waals surface area (Å²) < 4.78 is 37.4. The summed E-state index contributed by atoms with van der Waals surface area (Å²) in [6.07, 6.45) is 3.52. The first kappa shape index (κ1) is 17.7. The van der Waals surface area contributed by atoms with Gasteiger partial charge in [0.2, 0.25) is 11.8 Å². The SMILES string of the molecule is COc1cc(C)nc(NC(=O)NS(=O)(=O)c2cccc3c2OCC=C3)n1. The second kappa shape index (κ2) is 7.00. The van der Waals surface area contributed by atoms with Crippen LogP contribution in [0.4, 0.5) is 10.7 Å². The Morgan fingerprint density at radius 1 is 1.31 bits per heavy atom. The Morgan fingerprint density at radius 2 is 2.12 bits per heavy atom. The topological polar surface area (TPSA) is 120 Å². The molecule has 10 heteroatoms. The fourth-order valence-corrected chi connectivity index (χ4v) is 3.42. The van der Waals surface area contributed by atoms with Gasteiger partial charge >= 0.3 is 6.03 Å². The lowest BCUT2D eigenvalue weighted by atomic mass is 10.1. The molecule has 2 heterocycles. The molecule has 0 aliphatic carbocycles. The van der Waals surface area contributed by atoms with E-state index in [-0.39, 0.29) is 29.1 Å².